The predicted molar refractivity (Wildman–Crippen MR) is 143 cm³/mol. The lowest BCUT2D eigenvalue weighted by molar-refractivity contribution is -0.122. The number of hydrogen-bond donors (Lipinski definition) is 1. The highest BCUT2D eigenvalue weighted by molar-refractivity contribution is 7.80. The van der Waals surface area contributed by atoms with Crippen LogP contribution in [-0.2, 0) is 9.59 Å². The van der Waals surface area contributed by atoms with Gasteiger partial charge in [0.2, 0.25) is 0 Å². The Bertz CT molecular complexity index is 1300. The van der Waals surface area contributed by atoms with Crippen molar-refractivity contribution in [3.63, 3.8) is 0 Å². The summed E-state index contributed by atoms with van der Waals surface area (Å²) in [4.78, 5) is 29.9. The smallest absolute Gasteiger partial charge is 0.270 e. The van der Waals surface area contributed by atoms with E-state index in [4.69, 9.17) is 21.7 Å². The molecule has 4 rings (SSSR count). The van der Waals surface area contributed by atoms with Crippen molar-refractivity contribution in [3.05, 3.63) is 59.2 Å². The zero-order valence-electron chi connectivity index (χ0n) is 20.8. The Labute approximate surface area is 211 Å². The van der Waals surface area contributed by atoms with Gasteiger partial charge in [-0.1, -0.05) is 12.1 Å². The third kappa shape index (κ3) is 4.41. The minimum absolute atomic E-state index is 0.0193. The molecule has 0 bridgehead atoms. The highest BCUT2D eigenvalue weighted by atomic mass is 32.1. The van der Waals surface area contributed by atoms with E-state index < -0.39 is 11.8 Å². The van der Waals surface area contributed by atoms with Gasteiger partial charge in [0.15, 0.2) is 5.11 Å². The van der Waals surface area contributed by atoms with Crippen molar-refractivity contribution < 1.29 is 19.1 Å². The molecule has 0 saturated carbocycles. The Morgan fingerprint density at radius 1 is 1.17 bits per heavy atom. The molecule has 1 fully saturated rings. The number of anilines is 2. The molecule has 2 aromatic carbocycles. The van der Waals surface area contributed by atoms with E-state index in [0.29, 0.717) is 29.4 Å². The van der Waals surface area contributed by atoms with Gasteiger partial charge < -0.3 is 14.4 Å². The second-order valence-corrected chi connectivity index (χ2v) is 9.43. The first kappa shape index (κ1) is 24.5. The first-order valence-corrected chi connectivity index (χ1v) is 11.8. The molecule has 7 nitrogen and oxygen atoms in total. The van der Waals surface area contributed by atoms with Gasteiger partial charge in [-0.25, -0.2) is 0 Å². The first-order chi connectivity index (χ1) is 16.6. The topological polar surface area (TPSA) is 71.1 Å². The Hall–Kier alpha value is -3.65. The summed E-state index contributed by atoms with van der Waals surface area (Å²) in [6.07, 6.45) is 3.76. The molecule has 0 spiro atoms. The number of likely N-dealkylation sites (N-methyl/N-ethyl adjacent to an activating group) is 1. The minimum Gasteiger partial charge on any atom is -0.496 e. The van der Waals surface area contributed by atoms with Crippen molar-refractivity contribution in [2.45, 2.75) is 33.2 Å². The Kier molecular flexibility index (Phi) is 6.42. The number of allylic oxidation sites excluding steroid dienone is 1. The van der Waals surface area contributed by atoms with E-state index >= 15 is 0 Å². The van der Waals surface area contributed by atoms with Crippen molar-refractivity contribution in [3.8, 4) is 11.5 Å². The van der Waals surface area contributed by atoms with Gasteiger partial charge in [-0.3, -0.25) is 19.8 Å². The van der Waals surface area contributed by atoms with Gasteiger partial charge in [-0.15, -0.1) is 0 Å². The lowest BCUT2D eigenvalue weighted by Crippen LogP contribution is -2.54. The minimum atomic E-state index is -0.553. The van der Waals surface area contributed by atoms with Crippen LogP contribution >= 0.6 is 12.2 Å². The van der Waals surface area contributed by atoms with Gasteiger partial charge in [0.05, 0.1) is 24.9 Å². The quantitative estimate of drug-likeness (QED) is 0.376. The van der Waals surface area contributed by atoms with Crippen LogP contribution in [0.2, 0.25) is 0 Å². The lowest BCUT2D eigenvalue weighted by Gasteiger charge is -2.41. The number of amides is 2. The highest BCUT2D eigenvalue weighted by Gasteiger charge is 2.35. The molecular formula is C27H29N3O4S. The van der Waals surface area contributed by atoms with Crippen molar-refractivity contribution in [2.24, 2.45) is 0 Å². The SMILES string of the molecule is CCOc1cccc(N2C(=O)/C(=C\c3cc4c(cc3OC)N(C)C(C)(C)C=C4C)C(=O)NC2=S)c1. The number of thiocarbonyl (C=S) groups is 1. The summed E-state index contributed by atoms with van der Waals surface area (Å²) in [6, 6.07) is 10.9. The Morgan fingerprint density at radius 3 is 2.60 bits per heavy atom. The molecule has 0 aliphatic carbocycles. The van der Waals surface area contributed by atoms with Crippen LogP contribution in [0.15, 0.2) is 48.0 Å². The standard InChI is InChI=1S/C27H29N3O4S/c1-7-34-19-10-8-9-18(13-19)30-25(32)21(24(31)28-26(30)35)12-17-11-20-16(2)15-27(3,4)29(5)22(20)14-23(17)33-6/h8-15H,7H2,1-6H3,(H,28,31,35)/b21-12-. The third-order valence-corrected chi connectivity index (χ3v) is 6.64. The zero-order valence-corrected chi connectivity index (χ0v) is 21.6. The number of nitrogens with zero attached hydrogens (tertiary/aromatic N) is 2. The second-order valence-electron chi connectivity index (χ2n) is 9.04. The van der Waals surface area contributed by atoms with Gasteiger partial charge in [0.25, 0.3) is 11.8 Å². The molecule has 2 aliphatic rings. The van der Waals surface area contributed by atoms with Crippen LogP contribution in [0.3, 0.4) is 0 Å². The number of fused-ring (bicyclic) bond motifs is 1. The normalized spacial score (nSPS) is 18.3. The Balaban J connectivity index is 1.79. The zero-order chi connectivity index (χ0) is 25.5. The van der Waals surface area contributed by atoms with E-state index in [2.05, 4.69) is 37.1 Å². The maximum Gasteiger partial charge on any atom is 0.270 e. The van der Waals surface area contributed by atoms with E-state index in [9.17, 15) is 9.59 Å². The summed E-state index contributed by atoms with van der Waals surface area (Å²) >= 11 is 5.33. The van der Waals surface area contributed by atoms with Crippen LogP contribution in [0.1, 0.15) is 38.8 Å². The number of nitrogens with one attached hydrogen (secondary N) is 1. The summed E-state index contributed by atoms with van der Waals surface area (Å²) in [5.41, 5.74) is 4.08. The summed E-state index contributed by atoms with van der Waals surface area (Å²) in [7, 11) is 3.61. The van der Waals surface area contributed by atoms with Crippen LogP contribution in [-0.4, -0.2) is 43.2 Å². The van der Waals surface area contributed by atoms with Crippen LogP contribution in [0.25, 0.3) is 11.6 Å². The molecule has 182 valence electrons. The van der Waals surface area contributed by atoms with Crippen molar-refractivity contribution in [1.29, 1.82) is 0 Å². The summed E-state index contributed by atoms with van der Waals surface area (Å²) in [6.45, 7) is 8.71. The van der Waals surface area contributed by atoms with Crippen LogP contribution in [0.5, 0.6) is 11.5 Å². The largest absolute Gasteiger partial charge is 0.496 e. The average molecular weight is 492 g/mol. The molecule has 2 aromatic rings. The van der Waals surface area contributed by atoms with Gasteiger partial charge in [-0.05, 0) is 69.8 Å². The molecule has 2 aliphatic heterocycles. The number of hydrogen-bond acceptors (Lipinski definition) is 6. The number of methoxy groups -OCH3 is 1. The molecule has 35 heavy (non-hydrogen) atoms. The molecule has 2 heterocycles. The van der Waals surface area contributed by atoms with Gasteiger partial charge >= 0.3 is 0 Å². The highest BCUT2D eigenvalue weighted by Crippen LogP contribution is 2.42. The van der Waals surface area contributed by atoms with Crippen LogP contribution in [0.4, 0.5) is 11.4 Å². The molecule has 2 amide bonds. The third-order valence-electron chi connectivity index (χ3n) is 6.36. The van der Waals surface area contributed by atoms with Crippen molar-refractivity contribution in [1.82, 2.24) is 5.32 Å². The summed E-state index contributed by atoms with van der Waals surface area (Å²) in [5.74, 6) is 0.0983. The van der Waals surface area contributed by atoms with E-state index in [1.165, 1.54) is 4.90 Å². The molecule has 0 unspecified atom stereocenters. The van der Waals surface area contributed by atoms with Gasteiger partial charge in [0.1, 0.15) is 17.1 Å². The van der Waals surface area contributed by atoms with Crippen molar-refractivity contribution in [2.75, 3.05) is 30.6 Å². The summed E-state index contributed by atoms with van der Waals surface area (Å²) < 4.78 is 11.2. The van der Waals surface area contributed by atoms with E-state index in [1.807, 2.05) is 26.1 Å². The number of rotatable bonds is 5. The molecule has 0 atom stereocenters. The van der Waals surface area contributed by atoms with E-state index in [-0.39, 0.29) is 16.2 Å². The number of benzene rings is 2. The average Bonchev–Trinajstić information content (AvgIpc) is 2.80. The number of carbonyl (C=O) groups is 2. The summed E-state index contributed by atoms with van der Waals surface area (Å²) in [5, 5.41) is 2.65. The lowest BCUT2D eigenvalue weighted by atomic mass is 9.88. The second kappa shape index (κ2) is 9.19. The number of carbonyl (C=O) groups excluding carboxylic acids is 2. The fourth-order valence-corrected chi connectivity index (χ4v) is 4.69. The van der Waals surface area contributed by atoms with Gasteiger partial charge in [-0.2, -0.15) is 0 Å². The number of ether oxygens (including phenoxy) is 2. The maximum atomic E-state index is 13.5. The molecule has 1 saturated heterocycles. The predicted octanol–water partition coefficient (Wildman–Crippen LogP) is 4.56. The Morgan fingerprint density at radius 2 is 1.91 bits per heavy atom. The molecule has 0 radical (unpaired) electrons. The maximum absolute atomic E-state index is 13.5. The fraction of sp³-hybridized carbons (Fsp3) is 0.296. The van der Waals surface area contributed by atoms with Crippen LogP contribution in [0, 0.1) is 0 Å². The van der Waals surface area contributed by atoms with E-state index in [1.54, 1.807) is 37.5 Å². The van der Waals surface area contributed by atoms with E-state index in [0.717, 1.165) is 16.8 Å². The molecule has 8 heteroatoms. The molecular weight excluding hydrogens is 462 g/mol. The molecule has 0 aromatic heterocycles. The van der Waals surface area contributed by atoms with Crippen molar-refractivity contribution >= 4 is 52.2 Å². The monoisotopic (exact) mass is 491 g/mol. The fourth-order valence-electron chi connectivity index (χ4n) is 4.41. The van der Waals surface area contributed by atoms with Crippen LogP contribution < -0.4 is 24.6 Å². The van der Waals surface area contributed by atoms with Gasteiger partial charge in [0, 0.05) is 36.0 Å². The molecule has 1 N–H and O–H groups in total. The first-order valence-electron chi connectivity index (χ1n) is 11.4.